The Bertz CT molecular complexity index is 1010. The van der Waals surface area contributed by atoms with Crippen LogP contribution in [0.15, 0.2) is 47.6 Å². The van der Waals surface area contributed by atoms with E-state index < -0.39 is 23.0 Å². The molecule has 1 aliphatic rings. The fraction of sp³-hybridized carbons (Fsp3) is 0.263. The summed E-state index contributed by atoms with van der Waals surface area (Å²) in [6, 6.07) is 6.01. The number of alkyl halides is 3. The monoisotopic (exact) mass is 437 g/mol. The Labute approximate surface area is 174 Å². The number of urea groups is 1. The molecule has 0 aliphatic carbocycles. The van der Waals surface area contributed by atoms with Crippen molar-refractivity contribution in [3.8, 4) is 0 Å². The molecule has 2 heterocycles. The second-order valence-electron chi connectivity index (χ2n) is 7.06. The van der Waals surface area contributed by atoms with Gasteiger partial charge in [-0.15, -0.1) is 0 Å². The number of rotatable bonds is 5. The summed E-state index contributed by atoms with van der Waals surface area (Å²) < 4.78 is 37.6. The molecule has 30 heavy (non-hydrogen) atoms. The van der Waals surface area contributed by atoms with Crippen molar-refractivity contribution in [2.75, 3.05) is 4.90 Å². The van der Waals surface area contributed by atoms with Crippen molar-refractivity contribution < 1.29 is 22.8 Å². The Morgan fingerprint density at radius 2 is 1.83 bits per heavy atom. The minimum atomic E-state index is -4.43. The number of anilines is 1. The molecule has 1 aliphatic heterocycles. The van der Waals surface area contributed by atoms with E-state index in [2.05, 4.69) is 4.98 Å². The minimum absolute atomic E-state index is 0.00746. The minimum Gasteiger partial charge on any atom is -0.384 e. The van der Waals surface area contributed by atoms with Crippen LogP contribution in [0.25, 0.3) is 0 Å². The van der Waals surface area contributed by atoms with E-state index in [0.29, 0.717) is 11.1 Å². The zero-order valence-electron chi connectivity index (χ0n) is 16.0. The van der Waals surface area contributed by atoms with Gasteiger partial charge in [-0.1, -0.05) is 0 Å². The SMILES string of the molecule is CC1(C)C(=O)N(c2ccc(SC(F)(F)F)cc2)C(=O)N1Cc1ccncc1C(=N)N. The highest BCUT2D eigenvalue weighted by Crippen LogP contribution is 2.39. The van der Waals surface area contributed by atoms with E-state index in [9.17, 15) is 22.8 Å². The van der Waals surface area contributed by atoms with Gasteiger partial charge in [-0.05, 0) is 61.5 Å². The zero-order valence-corrected chi connectivity index (χ0v) is 16.8. The van der Waals surface area contributed by atoms with E-state index in [1.54, 1.807) is 19.9 Å². The molecule has 1 saturated heterocycles. The second-order valence-corrected chi connectivity index (χ2v) is 8.19. The number of nitrogen functional groups attached to an aromatic ring is 1. The fourth-order valence-electron chi connectivity index (χ4n) is 3.10. The standard InChI is InChI=1S/C19H18F3N5O2S/c1-18(2)16(28)27(12-3-5-13(6-4-12)30-19(20,21)22)17(29)26(18)10-11-7-8-25-9-14(11)15(23)24/h3-9H,10H2,1-2H3,(H3,23,24). The summed E-state index contributed by atoms with van der Waals surface area (Å²) >= 11 is -0.277. The van der Waals surface area contributed by atoms with Crippen molar-refractivity contribution in [2.45, 2.75) is 36.3 Å². The molecular weight excluding hydrogens is 419 g/mol. The van der Waals surface area contributed by atoms with Crippen LogP contribution in [0.2, 0.25) is 0 Å². The van der Waals surface area contributed by atoms with Gasteiger partial charge in [-0.3, -0.25) is 15.2 Å². The molecule has 7 nitrogen and oxygen atoms in total. The second kappa shape index (κ2) is 7.63. The number of benzene rings is 1. The van der Waals surface area contributed by atoms with Crippen LogP contribution in [0.5, 0.6) is 0 Å². The summed E-state index contributed by atoms with van der Waals surface area (Å²) in [5, 5.41) is 7.67. The average Bonchev–Trinajstić information content (AvgIpc) is 2.81. The molecule has 0 spiro atoms. The van der Waals surface area contributed by atoms with Gasteiger partial charge in [0.25, 0.3) is 5.91 Å². The van der Waals surface area contributed by atoms with Gasteiger partial charge in [0.2, 0.25) is 0 Å². The molecule has 11 heteroatoms. The smallest absolute Gasteiger partial charge is 0.384 e. The number of carbonyl (C=O) groups excluding carboxylic acids is 2. The quantitative estimate of drug-likeness (QED) is 0.321. The Kier molecular flexibility index (Phi) is 5.50. The van der Waals surface area contributed by atoms with Gasteiger partial charge in [-0.25, -0.2) is 9.69 Å². The molecule has 1 aromatic carbocycles. The number of nitrogens with one attached hydrogen (secondary N) is 1. The summed E-state index contributed by atoms with van der Waals surface area (Å²) in [7, 11) is 0. The Morgan fingerprint density at radius 3 is 2.40 bits per heavy atom. The Morgan fingerprint density at radius 1 is 1.20 bits per heavy atom. The summed E-state index contributed by atoms with van der Waals surface area (Å²) in [4.78, 5) is 32.2. The molecule has 0 unspecified atom stereocenters. The molecule has 0 bridgehead atoms. The number of aromatic nitrogens is 1. The third-order valence-corrected chi connectivity index (χ3v) is 5.42. The van der Waals surface area contributed by atoms with Gasteiger partial charge in [0.05, 0.1) is 5.69 Å². The van der Waals surface area contributed by atoms with Crippen LogP contribution in [-0.2, 0) is 11.3 Å². The number of amides is 3. The van der Waals surface area contributed by atoms with Crippen LogP contribution in [-0.4, -0.2) is 38.7 Å². The maximum Gasteiger partial charge on any atom is 0.446 e. The number of nitrogens with two attached hydrogens (primary N) is 1. The number of hydrogen-bond donors (Lipinski definition) is 2. The molecule has 0 saturated carbocycles. The molecule has 1 aromatic heterocycles. The van der Waals surface area contributed by atoms with E-state index in [1.165, 1.54) is 41.6 Å². The van der Waals surface area contributed by atoms with Crippen LogP contribution in [0.3, 0.4) is 0 Å². The maximum atomic E-state index is 13.1. The van der Waals surface area contributed by atoms with Crippen LogP contribution < -0.4 is 10.6 Å². The van der Waals surface area contributed by atoms with Crippen molar-refractivity contribution >= 4 is 35.2 Å². The molecule has 3 amide bonds. The van der Waals surface area contributed by atoms with Crippen molar-refractivity contribution in [3.05, 3.63) is 53.9 Å². The van der Waals surface area contributed by atoms with Crippen LogP contribution in [0.1, 0.15) is 25.0 Å². The van der Waals surface area contributed by atoms with Gasteiger partial charge in [-0.2, -0.15) is 13.2 Å². The molecule has 1 fully saturated rings. The first kappa shape index (κ1) is 21.6. The molecule has 0 radical (unpaired) electrons. The normalized spacial score (nSPS) is 16.3. The fourth-order valence-corrected chi connectivity index (χ4v) is 3.64. The van der Waals surface area contributed by atoms with Crippen molar-refractivity contribution in [1.82, 2.24) is 9.88 Å². The molecule has 0 atom stereocenters. The number of nitrogens with zero attached hydrogens (tertiary/aromatic N) is 3. The van der Waals surface area contributed by atoms with E-state index in [0.717, 1.165) is 4.90 Å². The number of amidine groups is 1. The largest absolute Gasteiger partial charge is 0.446 e. The molecular formula is C19H18F3N5O2S. The van der Waals surface area contributed by atoms with Crippen LogP contribution >= 0.6 is 11.8 Å². The number of thioether (sulfide) groups is 1. The number of carbonyl (C=O) groups is 2. The van der Waals surface area contributed by atoms with Gasteiger partial charge in [0.15, 0.2) is 0 Å². The first-order valence-electron chi connectivity index (χ1n) is 8.71. The lowest BCUT2D eigenvalue weighted by Gasteiger charge is -2.28. The van der Waals surface area contributed by atoms with E-state index in [1.807, 2.05) is 0 Å². The number of imide groups is 1. The third-order valence-electron chi connectivity index (χ3n) is 4.68. The highest BCUT2D eigenvalue weighted by molar-refractivity contribution is 8.00. The first-order valence-corrected chi connectivity index (χ1v) is 9.52. The lowest BCUT2D eigenvalue weighted by molar-refractivity contribution is -0.123. The highest BCUT2D eigenvalue weighted by Gasteiger charge is 2.51. The zero-order chi connectivity index (χ0) is 22.3. The van der Waals surface area contributed by atoms with Crippen LogP contribution in [0, 0.1) is 5.41 Å². The van der Waals surface area contributed by atoms with Crippen molar-refractivity contribution in [3.63, 3.8) is 0 Å². The van der Waals surface area contributed by atoms with Gasteiger partial charge in [0, 0.05) is 29.4 Å². The maximum absolute atomic E-state index is 13.1. The summed E-state index contributed by atoms with van der Waals surface area (Å²) in [6.45, 7) is 3.17. The lowest BCUT2D eigenvalue weighted by atomic mass is 10.0. The Balaban J connectivity index is 1.90. The third kappa shape index (κ3) is 4.11. The Hall–Kier alpha value is -3.08. The first-order chi connectivity index (χ1) is 13.9. The van der Waals surface area contributed by atoms with Gasteiger partial charge >= 0.3 is 11.5 Å². The molecule has 3 N–H and O–H groups in total. The average molecular weight is 437 g/mol. The van der Waals surface area contributed by atoms with E-state index >= 15 is 0 Å². The lowest BCUT2D eigenvalue weighted by Crippen LogP contribution is -2.44. The van der Waals surface area contributed by atoms with Crippen LogP contribution in [0.4, 0.5) is 23.7 Å². The van der Waals surface area contributed by atoms with E-state index in [4.69, 9.17) is 11.1 Å². The number of pyridine rings is 1. The van der Waals surface area contributed by atoms with Gasteiger partial charge < -0.3 is 10.6 Å². The number of hydrogen-bond acceptors (Lipinski definition) is 5. The van der Waals surface area contributed by atoms with E-state index in [-0.39, 0.29) is 34.7 Å². The van der Waals surface area contributed by atoms with Gasteiger partial charge in [0.1, 0.15) is 11.4 Å². The summed E-state index contributed by atoms with van der Waals surface area (Å²) in [6.07, 6.45) is 2.90. The highest BCUT2D eigenvalue weighted by atomic mass is 32.2. The van der Waals surface area contributed by atoms with Crippen molar-refractivity contribution in [2.24, 2.45) is 5.73 Å². The topological polar surface area (TPSA) is 103 Å². The summed E-state index contributed by atoms with van der Waals surface area (Å²) in [5.41, 5.74) is 0.998. The molecule has 2 aromatic rings. The molecule has 158 valence electrons. The predicted molar refractivity (Wildman–Crippen MR) is 106 cm³/mol. The number of halogens is 3. The summed E-state index contributed by atoms with van der Waals surface area (Å²) in [5.74, 6) is -0.731. The predicted octanol–water partition coefficient (Wildman–Crippen LogP) is 3.72. The molecule has 3 rings (SSSR count). The van der Waals surface area contributed by atoms with Crippen molar-refractivity contribution in [1.29, 1.82) is 5.41 Å².